The van der Waals surface area contributed by atoms with Gasteiger partial charge in [-0.1, -0.05) is 34.1 Å². The lowest BCUT2D eigenvalue weighted by molar-refractivity contribution is 0.237. The minimum atomic E-state index is 0.193. The lowest BCUT2D eigenvalue weighted by atomic mass is 9.95. The topological polar surface area (TPSA) is 24.5 Å². The van der Waals surface area contributed by atoms with E-state index in [0.29, 0.717) is 0 Å². The zero-order valence-electron chi connectivity index (χ0n) is 14.9. The van der Waals surface area contributed by atoms with E-state index in [0.717, 1.165) is 42.8 Å². The molecule has 1 aromatic heterocycles. The third-order valence-corrected chi connectivity index (χ3v) is 6.51. The first-order valence-electron chi connectivity index (χ1n) is 9.02. The summed E-state index contributed by atoms with van der Waals surface area (Å²) in [6, 6.07) is 15.2. The molecule has 0 amide bonds. The zero-order chi connectivity index (χ0) is 17.9. The molecule has 1 saturated heterocycles. The summed E-state index contributed by atoms with van der Waals surface area (Å²) in [7, 11) is 1.76. The molecule has 1 aliphatic rings. The van der Waals surface area contributed by atoms with Crippen molar-refractivity contribution in [1.82, 2.24) is 10.2 Å². The van der Waals surface area contributed by atoms with Crippen LogP contribution in [-0.4, -0.2) is 38.2 Å². The maximum absolute atomic E-state index is 5.75. The first-order chi connectivity index (χ1) is 12.8. The summed E-state index contributed by atoms with van der Waals surface area (Å²) >= 11 is 5.49. The molecule has 26 heavy (non-hydrogen) atoms. The molecule has 136 valence electrons. The van der Waals surface area contributed by atoms with Crippen molar-refractivity contribution in [1.29, 1.82) is 0 Å². The minimum absolute atomic E-state index is 0.193. The second kappa shape index (κ2) is 8.09. The highest BCUT2D eigenvalue weighted by atomic mass is 79.9. The van der Waals surface area contributed by atoms with Gasteiger partial charge in [-0.25, -0.2) is 0 Å². The fourth-order valence-corrected chi connectivity index (χ4v) is 5.17. The molecule has 3 nitrogen and oxygen atoms in total. The van der Waals surface area contributed by atoms with Gasteiger partial charge in [-0.3, -0.25) is 4.90 Å². The monoisotopic (exact) mass is 430 g/mol. The average Bonchev–Trinajstić information content (AvgIpc) is 2.89. The highest BCUT2D eigenvalue weighted by Gasteiger charge is 2.28. The van der Waals surface area contributed by atoms with Crippen LogP contribution >= 0.6 is 27.3 Å². The molecule has 5 heteroatoms. The van der Waals surface area contributed by atoms with Crippen LogP contribution in [0, 0.1) is 0 Å². The van der Waals surface area contributed by atoms with Crippen molar-refractivity contribution in [2.24, 2.45) is 0 Å². The third-order valence-electron chi connectivity index (χ3n) is 5.03. The van der Waals surface area contributed by atoms with Crippen LogP contribution in [0.15, 0.2) is 52.3 Å². The number of nitrogens with one attached hydrogen (secondary N) is 1. The lowest BCUT2D eigenvalue weighted by Gasteiger charge is -2.32. The van der Waals surface area contributed by atoms with Gasteiger partial charge in [0, 0.05) is 34.4 Å². The molecule has 0 spiro atoms. The van der Waals surface area contributed by atoms with Crippen LogP contribution in [0.4, 0.5) is 0 Å². The number of ether oxygens (including phenoxy) is 1. The molecule has 0 saturated carbocycles. The molecular weight excluding hydrogens is 408 g/mol. The van der Waals surface area contributed by atoms with Gasteiger partial charge in [0.25, 0.3) is 0 Å². The Morgan fingerprint density at radius 2 is 2.00 bits per heavy atom. The molecule has 2 heterocycles. The molecule has 1 aliphatic heterocycles. The number of hydrogen-bond donors (Lipinski definition) is 1. The number of halogens is 1. The Morgan fingerprint density at radius 1 is 1.12 bits per heavy atom. The second-order valence-electron chi connectivity index (χ2n) is 6.62. The van der Waals surface area contributed by atoms with E-state index in [1.165, 1.54) is 21.2 Å². The van der Waals surface area contributed by atoms with Crippen molar-refractivity contribution in [3.05, 3.63) is 63.4 Å². The summed E-state index contributed by atoms with van der Waals surface area (Å²) in [5.41, 5.74) is 2.61. The molecule has 4 rings (SSSR count). The van der Waals surface area contributed by atoms with Crippen LogP contribution in [0.1, 0.15) is 23.6 Å². The first kappa shape index (κ1) is 18.0. The first-order valence-corrected chi connectivity index (χ1v) is 10.7. The molecule has 1 unspecified atom stereocenters. The predicted octanol–water partition coefficient (Wildman–Crippen LogP) is 5.06. The number of benzene rings is 2. The van der Waals surface area contributed by atoms with E-state index in [1.807, 2.05) is 11.3 Å². The molecular formula is C21H23BrN2OS. The van der Waals surface area contributed by atoms with E-state index < -0.39 is 0 Å². The van der Waals surface area contributed by atoms with Crippen LogP contribution in [-0.2, 0) is 0 Å². The lowest BCUT2D eigenvalue weighted by Crippen LogP contribution is -2.33. The van der Waals surface area contributed by atoms with Crippen molar-refractivity contribution < 1.29 is 4.74 Å². The molecule has 0 bridgehead atoms. The van der Waals surface area contributed by atoms with E-state index in [2.05, 4.69) is 74.0 Å². The Morgan fingerprint density at radius 3 is 2.88 bits per heavy atom. The van der Waals surface area contributed by atoms with Gasteiger partial charge in [0.2, 0.25) is 0 Å². The van der Waals surface area contributed by atoms with Crippen molar-refractivity contribution in [3.8, 4) is 5.75 Å². The molecule has 2 aromatic carbocycles. The standard InChI is InChI=1S/C21H23BrN2OS/c1-25-19-8-7-15(22)13-17(19)21(24-11-4-9-23-10-12-24)18-14-26-20-6-3-2-5-16(18)20/h2-3,5-8,13-14,21,23H,4,9-12H2,1H3. The van der Waals surface area contributed by atoms with E-state index in [4.69, 9.17) is 4.74 Å². The van der Waals surface area contributed by atoms with Gasteiger partial charge < -0.3 is 10.1 Å². The summed E-state index contributed by atoms with van der Waals surface area (Å²) in [6.07, 6.45) is 1.16. The van der Waals surface area contributed by atoms with Crippen LogP contribution in [0.5, 0.6) is 5.75 Å². The van der Waals surface area contributed by atoms with Crippen LogP contribution in [0.2, 0.25) is 0 Å². The maximum atomic E-state index is 5.75. The number of fused-ring (bicyclic) bond motifs is 1. The Balaban J connectivity index is 1.88. The quantitative estimate of drug-likeness (QED) is 0.625. The Kier molecular flexibility index (Phi) is 5.60. The summed E-state index contributed by atoms with van der Waals surface area (Å²) in [5.74, 6) is 0.950. The molecule has 1 N–H and O–H groups in total. The SMILES string of the molecule is COc1ccc(Br)cc1C(c1csc2ccccc12)N1CCCNCC1. The zero-order valence-corrected chi connectivity index (χ0v) is 17.3. The van der Waals surface area contributed by atoms with Crippen molar-refractivity contribution in [2.75, 3.05) is 33.3 Å². The highest BCUT2D eigenvalue weighted by Crippen LogP contribution is 2.41. The normalized spacial score (nSPS) is 17.2. The Bertz CT molecular complexity index is 887. The van der Waals surface area contributed by atoms with E-state index in [9.17, 15) is 0 Å². The Hall–Kier alpha value is -1.40. The fourth-order valence-electron chi connectivity index (χ4n) is 3.81. The van der Waals surface area contributed by atoms with Crippen molar-refractivity contribution in [2.45, 2.75) is 12.5 Å². The number of hydrogen-bond acceptors (Lipinski definition) is 4. The number of methoxy groups -OCH3 is 1. The van der Waals surface area contributed by atoms with Gasteiger partial charge in [-0.05, 0) is 53.6 Å². The van der Waals surface area contributed by atoms with Gasteiger partial charge in [0.1, 0.15) is 5.75 Å². The van der Waals surface area contributed by atoms with Crippen LogP contribution in [0.3, 0.4) is 0 Å². The summed E-state index contributed by atoms with van der Waals surface area (Å²) < 4.78 is 8.18. The van der Waals surface area contributed by atoms with Crippen LogP contribution < -0.4 is 10.1 Å². The van der Waals surface area contributed by atoms with Crippen LogP contribution in [0.25, 0.3) is 10.1 Å². The van der Waals surface area contributed by atoms with Gasteiger partial charge in [0.05, 0.1) is 13.2 Å². The summed E-state index contributed by atoms with van der Waals surface area (Å²) in [4.78, 5) is 2.60. The minimum Gasteiger partial charge on any atom is -0.496 e. The second-order valence-corrected chi connectivity index (χ2v) is 8.44. The van der Waals surface area contributed by atoms with E-state index in [-0.39, 0.29) is 6.04 Å². The predicted molar refractivity (Wildman–Crippen MR) is 113 cm³/mol. The van der Waals surface area contributed by atoms with Gasteiger partial charge in [-0.2, -0.15) is 0 Å². The summed E-state index contributed by atoms with van der Waals surface area (Å²) in [6.45, 7) is 4.22. The number of thiophene rings is 1. The molecule has 0 aliphatic carbocycles. The highest BCUT2D eigenvalue weighted by molar-refractivity contribution is 9.10. The number of rotatable bonds is 4. The van der Waals surface area contributed by atoms with Gasteiger partial charge in [0.15, 0.2) is 0 Å². The van der Waals surface area contributed by atoms with Crippen molar-refractivity contribution in [3.63, 3.8) is 0 Å². The van der Waals surface area contributed by atoms with E-state index in [1.54, 1.807) is 7.11 Å². The number of nitrogens with zero attached hydrogens (tertiary/aromatic N) is 1. The largest absolute Gasteiger partial charge is 0.496 e. The average molecular weight is 431 g/mol. The molecule has 3 aromatic rings. The fraction of sp³-hybridized carbons (Fsp3) is 0.333. The molecule has 0 radical (unpaired) electrons. The molecule has 1 atom stereocenters. The van der Waals surface area contributed by atoms with Gasteiger partial charge in [-0.15, -0.1) is 11.3 Å². The van der Waals surface area contributed by atoms with E-state index >= 15 is 0 Å². The van der Waals surface area contributed by atoms with Crippen molar-refractivity contribution >= 4 is 37.4 Å². The Labute approximate surface area is 167 Å². The van der Waals surface area contributed by atoms with Gasteiger partial charge >= 0.3 is 0 Å². The summed E-state index contributed by atoms with van der Waals surface area (Å²) in [5, 5.41) is 7.20. The smallest absolute Gasteiger partial charge is 0.124 e. The molecule has 1 fully saturated rings. The maximum Gasteiger partial charge on any atom is 0.124 e. The third kappa shape index (κ3) is 3.54.